The number of aliphatic hydroxyl groups excluding tert-OH is 1. The van der Waals surface area contributed by atoms with Gasteiger partial charge in [0.25, 0.3) is 0 Å². The molecule has 1 atom stereocenters. The van der Waals surface area contributed by atoms with Crippen LogP contribution in [0, 0.1) is 13.8 Å². The molecule has 23 heavy (non-hydrogen) atoms. The summed E-state index contributed by atoms with van der Waals surface area (Å²) in [5, 5.41) is 23.2. The average molecular weight is 324 g/mol. The van der Waals surface area contributed by atoms with Crippen LogP contribution in [0.4, 0.5) is 5.69 Å². The summed E-state index contributed by atoms with van der Waals surface area (Å²) in [6.07, 6.45) is -0.178. The molecular weight excluding hydrogens is 300 g/mol. The number of amides is 1. The number of aliphatic carboxylic acids is 1. The molecule has 7 nitrogen and oxygen atoms in total. The molecule has 0 bridgehead atoms. The lowest BCUT2D eigenvalue weighted by Gasteiger charge is -2.15. The van der Waals surface area contributed by atoms with Crippen molar-refractivity contribution >= 4 is 17.6 Å². The third kappa shape index (κ3) is 7.73. The van der Waals surface area contributed by atoms with E-state index in [1.807, 2.05) is 32.0 Å². The lowest BCUT2D eigenvalue weighted by Crippen LogP contribution is -2.41. The number of hydrogen-bond acceptors (Lipinski definition) is 5. The first kappa shape index (κ1) is 19.1. The van der Waals surface area contributed by atoms with E-state index in [9.17, 15) is 9.59 Å². The number of aliphatic hydroxyl groups is 1. The van der Waals surface area contributed by atoms with Crippen LogP contribution < -0.4 is 10.6 Å². The Balaban J connectivity index is 2.48. The maximum atomic E-state index is 12.0. The summed E-state index contributed by atoms with van der Waals surface area (Å²) in [6.45, 7) is 4.53. The molecule has 0 aliphatic rings. The molecule has 0 fully saturated rings. The molecule has 128 valence electrons. The van der Waals surface area contributed by atoms with Crippen molar-refractivity contribution in [1.82, 2.24) is 5.32 Å². The first-order valence-electron chi connectivity index (χ1n) is 7.45. The average Bonchev–Trinajstić information content (AvgIpc) is 2.44. The Kier molecular flexibility index (Phi) is 8.25. The number of nitrogens with one attached hydrogen (secondary N) is 2. The first-order valence-corrected chi connectivity index (χ1v) is 7.45. The van der Waals surface area contributed by atoms with Crippen LogP contribution in [0.15, 0.2) is 18.2 Å². The van der Waals surface area contributed by atoms with Gasteiger partial charge in [0.1, 0.15) is 6.04 Å². The Hall–Kier alpha value is -1.96. The molecule has 0 unspecified atom stereocenters. The second kappa shape index (κ2) is 9.94. The fourth-order valence-corrected chi connectivity index (χ4v) is 2.16. The molecule has 0 saturated carbocycles. The van der Waals surface area contributed by atoms with E-state index in [-0.39, 0.29) is 38.7 Å². The topological polar surface area (TPSA) is 108 Å². The van der Waals surface area contributed by atoms with E-state index in [1.54, 1.807) is 0 Å². The Bertz CT molecular complexity index is 513. The van der Waals surface area contributed by atoms with Gasteiger partial charge in [-0.05, 0) is 37.1 Å². The quantitative estimate of drug-likeness (QED) is 0.472. The second-order valence-electron chi connectivity index (χ2n) is 5.31. The Morgan fingerprint density at radius 3 is 2.39 bits per heavy atom. The third-order valence-electron chi connectivity index (χ3n) is 3.07. The van der Waals surface area contributed by atoms with E-state index in [4.69, 9.17) is 14.9 Å². The summed E-state index contributed by atoms with van der Waals surface area (Å²) in [5.74, 6) is -1.46. The van der Waals surface area contributed by atoms with Gasteiger partial charge in [0, 0.05) is 12.2 Å². The van der Waals surface area contributed by atoms with Gasteiger partial charge in [-0.25, -0.2) is 0 Å². The number of hydrogen-bond donors (Lipinski definition) is 4. The van der Waals surface area contributed by atoms with Crippen LogP contribution in [0.3, 0.4) is 0 Å². The number of benzene rings is 1. The monoisotopic (exact) mass is 324 g/mol. The number of carboxylic acids is 1. The second-order valence-corrected chi connectivity index (χ2v) is 5.31. The normalized spacial score (nSPS) is 12.0. The van der Waals surface area contributed by atoms with Crippen molar-refractivity contribution in [2.24, 2.45) is 0 Å². The van der Waals surface area contributed by atoms with Crippen molar-refractivity contribution in [3.8, 4) is 0 Å². The molecule has 0 aliphatic heterocycles. The van der Waals surface area contributed by atoms with Crippen molar-refractivity contribution in [3.05, 3.63) is 29.3 Å². The molecule has 0 spiro atoms. The molecule has 1 amide bonds. The number of aryl methyl sites for hydroxylation is 2. The Morgan fingerprint density at radius 2 is 1.83 bits per heavy atom. The SMILES string of the molecule is Cc1cc(C)cc(NC(=O)C[C@H](NCCOCCO)C(=O)O)c1. The minimum Gasteiger partial charge on any atom is -0.480 e. The van der Waals surface area contributed by atoms with Crippen LogP contribution in [-0.2, 0) is 14.3 Å². The van der Waals surface area contributed by atoms with Crippen LogP contribution in [0.5, 0.6) is 0 Å². The fourth-order valence-electron chi connectivity index (χ4n) is 2.16. The number of ether oxygens (including phenoxy) is 1. The minimum absolute atomic E-state index is 0.0827. The number of carboxylic acid groups (broad SMARTS) is 1. The molecular formula is C16H24N2O5. The van der Waals surface area contributed by atoms with E-state index >= 15 is 0 Å². The highest BCUT2D eigenvalue weighted by molar-refractivity contribution is 5.94. The molecule has 7 heteroatoms. The van der Waals surface area contributed by atoms with Crippen LogP contribution in [-0.4, -0.2) is 54.5 Å². The summed E-state index contributed by atoms with van der Waals surface area (Å²) < 4.78 is 5.03. The van der Waals surface area contributed by atoms with E-state index in [0.29, 0.717) is 5.69 Å². The highest BCUT2D eigenvalue weighted by Crippen LogP contribution is 2.14. The predicted octanol–water partition coefficient (Wildman–Crippen LogP) is 0.684. The molecule has 1 aromatic rings. The van der Waals surface area contributed by atoms with Crippen molar-refractivity contribution < 1.29 is 24.5 Å². The fraction of sp³-hybridized carbons (Fsp3) is 0.500. The molecule has 1 aromatic carbocycles. The lowest BCUT2D eigenvalue weighted by molar-refractivity contribution is -0.141. The zero-order valence-electron chi connectivity index (χ0n) is 13.5. The number of anilines is 1. The zero-order chi connectivity index (χ0) is 17.2. The Morgan fingerprint density at radius 1 is 1.17 bits per heavy atom. The van der Waals surface area contributed by atoms with Gasteiger partial charge >= 0.3 is 5.97 Å². The zero-order valence-corrected chi connectivity index (χ0v) is 13.5. The third-order valence-corrected chi connectivity index (χ3v) is 3.07. The number of carbonyl (C=O) groups excluding carboxylic acids is 1. The highest BCUT2D eigenvalue weighted by atomic mass is 16.5. The van der Waals surface area contributed by atoms with Gasteiger partial charge in [-0.1, -0.05) is 6.07 Å². The molecule has 0 aromatic heterocycles. The molecule has 0 saturated heterocycles. The van der Waals surface area contributed by atoms with Crippen LogP contribution in [0.2, 0.25) is 0 Å². The van der Waals surface area contributed by atoms with Gasteiger partial charge in [0.2, 0.25) is 5.91 Å². The van der Waals surface area contributed by atoms with Gasteiger partial charge in [0.05, 0.1) is 26.2 Å². The summed E-state index contributed by atoms with van der Waals surface area (Å²) in [5.41, 5.74) is 2.70. The van der Waals surface area contributed by atoms with E-state index in [2.05, 4.69) is 10.6 Å². The lowest BCUT2D eigenvalue weighted by atomic mass is 10.1. The van der Waals surface area contributed by atoms with Crippen LogP contribution >= 0.6 is 0 Å². The van der Waals surface area contributed by atoms with Crippen molar-refractivity contribution in [3.63, 3.8) is 0 Å². The summed E-state index contributed by atoms with van der Waals surface area (Å²) in [6, 6.07) is 4.66. The first-order chi connectivity index (χ1) is 10.9. The summed E-state index contributed by atoms with van der Waals surface area (Å²) in [7, 11) is 0. The standard InChI is InChI=1S/C16H24N2O5/c1-11-7-12(2)9-13(8-11)18-15(20)10-14(16(21)22)17-3-5-23-6-4-19/h7-9,14,17,19H,3-6,10H2,1-2H3,(H,18,20)(H,21,22)/t14-/m0/s1. The molecule has 0 heterocycles. The summed E-state index contributed by atoms with van der Waals surface area (Å²) in [4.78, 5) is 23.2. The number of rotatable bonds is 10. The highest BCUT2D eigenvalue weighted by Gasteiger charge is 2.20. The largest absolute Gasteiger partial charge is 0.480 e. The van der Waals surface area contributed by atoms with Gasteiger partial charge in [0.15, 0.2) is 0 Å². The van der Waals surface area contributed by atoms with Gasteiger partial charge < -0.3 is 25.6 Å². The maximum Gasteiger partial charge on any atom is 0.321 e. The predicted molar refractivity (Wildman–Crippen MR) is 86.5 cm³/mol. The Labute approximate surface area is 135 Å². The van der Waals surface area contributed by atoms with Gasteiger partial charge in [-0.3, -0.25) is 9.59 Å². The van der Waals surface area contributed by atoms with Crippen molar-refractivity contribution in [2.75, 3.05) is 31.7 Å². The molecule has 4 N–H and O–H groups in total. The van der Waals surface area contributed by atoms with E-state index in [1.165, 1.54) is 0 Å². The van der Waals surface area contributed by atoms with Gasteiger partial charge in [-0.15, -0.1) is 0 Å². The van der Waals surface area contributed by atoms with E-state index < -0.39 is 12.0 Å². The minimum atomic E-state index is -1.09. The van der Waals surface area contributed by atoms with E-state index in [0.717, 1.165) is 11.1 Å². The molecule has 0 radical (unpaired) electrons. The summed E-state index contributed by atoms with van der Waals surface area (Å²) >= 11 is 0. The maximum absolute atomic E-state index is 12.0. The number of carbonyl (C=O) groups is 2. The van der Waals surface area contributed by atoms with Crippen LogP contribution in [0.25, 0.3) is 0 Å². The molecule has 0 aliphatic carbocycles. The molecule has 1 rings (SSSR count). The van der Waals surface area contributed by atoms with Crippen molar-refractivity contribution in [1.29, 1.82) is 0 Å². The van der Waals surface area contributed by atoms with Gasteiger partial charge in [-0.2, -0.15) is 0 Å². The van der Waals surface area contributed by atoms with Crippen LogP contribution in [0.1, 0.15) is 17.5 Å². The van der Waals surface area contributed by atoms with Crippen molar-refractivity contribution in [2.45, 2.75) is 26.3 Å². The smallest absolute Gasteiger partial charge is 0.321 e.